The van der Waals surface area contributed by atoms with Crippen molar-refractivity contribution in [1.82, 2.24) is 4.98 Å². The Morgan fingerprint density at radius 3 is 2.92 bits per heavy atom. The molecule has 0 aliphatic carbocycles. The quantitative estimate of drug-likeness (QED) is 0.575. The molecule has 1 N–H and O–H groups in total. The lowest BCUT2D eigenvalue weighted by molar-refractivity contribution is 0.102. The number of hydrogen-bond acceptors (Lipinski definition) is 5. The highest BCUT2D eigenvalue weighted by Crippen LogP contribution is 2.31. The number of nitrogens with zero attached hydrogens (tertiary/aromatic N) is 1. The molecule has 5 nitrogen and oxygen atoms in total. The summed E-state index contributed by atoms with van der Waals surface area (Å²) in [7, 11) is 1.56. The maximum atomic E-state index is 13.3. The second-order valence-corrected chi connectivity index (χ2v) is 6.51. The topological polar surface area (TPSA) is 64.4 Å². The molecule has 2 aromatic carbocycles. The monoisotopic (exact) mass is 356 g/mol. The SMILES string of the molecule is COc1ccc2oc(C)c(C(=O)Nc3nc4ccc(F)cc4s3)c2c1. The summed E-state index contributed by atoms with van der Waals surface area (Å²) in [5.41, 5.74) is 1.67. The van der Waals surface area contributed by atoms with Crippen molar-refractivity contribution in [3.05, 3.63) is 53.5 Å². The van der Waals surface area contributed by atoms with Crippen LogP contribution in [0.1, 0.15) is 16.1 Å². The van der Waals surface area contributed by atoms with E-state index in [1.165, 1.54) is 23.5 Å². The Morgan fingerprint density at radius 2 is 2.12 bits per heavy atom. The molecule has 7 heteroatoms. The van der Waals surface area contributed by atoms with Crippen molar-refractivity contribution in [2.24, 2.45) is 0 Å². The fraction of sp³-hybridized carbons (Fsp3) is 0.111. The number of hydrogen-bond donors (Lipinski definition) is 1. The van der Waals surface area contributed by atoms with Crippen molar-refractivity contribution in [1.29, 1.82) is 0 Å². The first-order chi connectivity index (χ1) is 12.0. The van der Waals surface area contributed by atoms with E-state index in [9.17, 15) is 9.18 Å². The molecule has 0 aliphatic heterocycles. The van der Waals surface area contributed by atoms with Crippen molar-refractivity contribution in [2.75, 3.05) is 12.4 Å². The predicted octanol–water partition coefficient (Wildman–Crippen LogP) is 4.75. The lowest BCUT2D eigenvalue weighted by atomic mass is 10.1. The van der Waals surface area contributed by atoms with Gasteiger partial charge in [-0.3, -0.25) is 10.1 Å². The molecule has 2 aromatic heterocycles. The number of nitrogens with one attached hydrogen (secondary N) is 1. The Kier molecular flexibility index (Phi) is 3.65. The minimum absolute atomic E-state index is 0.330. The number of carbonyl (C=O) groups excluding carboxylic acids is 1. The van der Waals surface area contributed by atoms with Gasteiger partial charge in [0.25, 0.3) is 5.91 Å². The van der Waals surface area contributed by atoms with Gasteiger partial charge in [0.1, 0.15) is 22.9 Å². The summed E-state index contributed by atoms with van der Waals surface area (Å²) >= 11 is 1.22. The van der Waals surface area contributed by atoms with Gasteiger partial charge in [0.15, 0.2) is 5.13 Å². The van der Waals surface area contributed by atoms with Gasteiger partial charge in [-0.1, -0.05) is 11.3 Å². The number of methoxy groups -OCH3 is 1. The third kappa shape index (κ3) is 2.72. The van der Waals surface area contributed by atoms with Crippen LogP contribution in [0.3, 0.4) is 0 Å². The number of ether oxygens (including phenoxy) is 1. The Labute approximate surface area is 146 Å². The first-order valence-corrected chi connectivity index (χ1v) is 8.31. The molecule has 0 bridgehead atoms. The van der Waals surface area contributed by atoms with Gasteiger partial charge in [0.05, 0.1) is 22.9 Å². The van der Waals surface area contributed by atoms with Gasteiger partial charge in [-0.05, 0) is 43.3 Å². The van der Waals surface area contributed by atoms with Crippen LogP contribution in [0.5, 0.6) is 5.75 Å². The number of fused-ring (bicyclic) bond motifs is 2. The van der Waals surface area contributed by atoms with E-state index < -0.39 is 0 Å². The normalized spacial score (nSPS) is 11.2. The molecule has 0 saturated heterocycles. The van der Waals surface area contributed by atoms with Gasteiger partial charge in [-0.25, -0.2) is 9.37 Å². The van der Waals surface area contributed by atoms with Gasteiger partial charge < -0.3 is 9.15 Å². The molecule has 2 heterocycles. The van der Waals surface area contributed by atoms with E-state index in [2.05, 4.69) is 10.3 Å². The second kappa shape index (κ2) is 5.86. The third-order valence-corrected chi connectivity index (χ3v) is 4.80. The van der Waals surface area contributed by atoms with Gasteiger partial charge in [0, 0.05) is 5.39 Å². The number of anilines is 1. The van der Waals surface area contributed by atoms with Crippen LogP contribution in [-0.2, 0) is 0 Å². The van der Waals surface area contributed by atoms with E-state index in [4.69, 9.17) is 9.15 Å². The van der Waals surface area contributed by atoms with Crippen LogP contribution >= 0.6 is 11.3 Å². The molecule has 0 aliphatic rings. The zero-order valence-corrected chi connectivity index (χ0v) is 14.2. The lowest BCUT2D eigenvalue weighted by Gasteiger charge is -2.02. The molecular weight excluding hydrogens is 343 g/mol. The molecule has 4 aromatic rings. The Hall–Kier alpha value is -2.93. The number of benzene rings is 2. The highest BCUT2D eigenvalue weighted by Gasteiger charge is 2.20. The van der Waals surface area contributed by atoms with Crippen LogP contribution in [0.4, 0.5) is 9.52 Å². The van der Waals surface area contributed by atoms with Crippen LogP contribution in [0.15, 0.2) is 40.8 Å². The number of furan rings is 1. The summed E-state index contributed by atoms with van der Waals surface area (Å²) < 4.78 is 24.8. The molecule has 0 saturated carbocycles. The lowest BCUT2D eigenvalue weighted by Crippen LogP contribution is -2.12. The average Bonchev–Trinajstić information content (AvgIpc) is 3.12. The molecule has 126 valence electrons. The van der Waals surface area contributed by atoms with Crippen molar-refractivity contribution < 1.29 is 18.3 Å². The van der Waals surface area contributed by atoms with Crippen LogP contribution < -0.4 is 10.1 Å². The molecule has 0 spiro atoms. The van der Waals surface area contributed by atoms with Gasteiger partial charge in [-0.15, -0.1) is 0 Å². The van der Waals surface area contributed by atoms with Crippen LogP contribution in [0.2, 0.25) is 0 Å². The van der Waals surface area contributed by atoms with E-state index >= 15 is 0 Å². The van der Waals surface area contributed by atoms with Crippen LogP contribution in [-0.4, -0.2) is 18.0 Å². The highest BCUT2D eigenvalue weighted by molar-refractivity contribution is 7.22. The average molecular weight is 356 g/mol. The Bertz CT molecular complexity index is 1120. The number of halogens is 1. The minimum Gasteiger partial charge on any atom is -0.497 e. The largest absolute Gasteiger partial charge is 0.497 e. The molecular formula is C18H13FN2O3S. The van der Waals surface area contributed by atoms with Crippen molar-refractivity contribution in [3.63, 3.8) is 0 Å². The zero-order valence-electron chi connectivity index (χ0n) is 13.4. The molecule has 1 amide bonds. The summed E-state index contributed by atoms with van der Waals surface area (Å²) in [6.45, 7) is 1.73. The van der Waals surface area contributed by atoms with E-state index in [-0.39, 0.29) is 11.7 Å². The maximum Gasteiger partial charge on any atom is 0.261 e. The fourth-order valence-corrected chi connectivity index (χ4v) is 3.61. The number of thiazole rings is 1. The first kappa shape index (κ1) is 15.6. The molecule has 25 heavy (non-hydrogen) atoms. The van der Waals surface area contributed by atoms with Crippen molar-refractivity contribution in [3.8, 4) is 5.75 Å². The number of amides is 1. The van der Waals surface area contributed by atoms with Gasteiger partial charge in [0.2, 0.25) is 0 Å². The standard InChI is InChI=1S/C18H13FN2O3S/c1-9-16(12-8-11(23-2)4-6-14(12)24-9)17(22)21-18-20-13-5-3-10(19)7-15(13)25-18/h3-8H,1-2H3,(H,20,21,22). The summed E-state index contributed by atoms with van der Waals surface area (Å²) in [6.07, 6.45) is 0. The molecule has 4 rings (SSSR count). The van der Waals surface area contributed by atoms with Crippen LogP contribution in [0, 0.1) is 12.7 Å². The number of rotatable bonds is 3. The smallest absolute Gasteiger partial charge is 0.261 e. The van der Waals surface area contributed by atoms with E-state index in [1.54, 1.807) is 38.3 Å². The Balaban J connectivity index is 1.72. The third-order valence-electron chi connectivity index (χ3n) is 3.87. The van der Waals surface area contributed by atoms with Crippen molar-refractivity contribution in [2.45, 2.75) is 6.92 Å². The van der Waals surface area contributed by atoms with E-state index in [1.807, 2.05) is 0 Å². The molecule has 0 atom stereocenters. The molecule has 0 radical (unpaired) electrons. The molecule has 0 unspecified atom stereocenters. The van der Waals surface area contributed by atoms with E-state index in [0.717, 1.165) is 0 Å². The number of carbonyl (C=O) groups is 1. The Morgan fingerprint density at radius 1 is 1.28 bits per heavy atom. The van der Waals surface area contributed by atoms with Gasteiger partial charge >= 0.3 is 0 Å². The van der Waals surface area contributed by atoms with E-state index in [0.29, 0.717) is 43.4 Å². The van der Waals surface area contributed by atoms with Crippen LogP contribution in [0.25, 0.3) is 21.2 Å². The number of aryl methyl sites for hydroxylation is 1. The second-order valence-electron chi connectivity index (χ2n) is 5.48. The fourth-order valence-electron chi connectivity index (χ4n) is 2.72. The predicted molar refractivity (Wildman–Crippen MR) is 95.0 cm³/mol. The summed E-state index contributed by atoms with van der Waals surface area (Å²) in [5, 5.41) is 3.84. The summed E-state index contributed by atoms with van der Waals surface area (Å²) in [6, 6.07) is 9.61. The summed E-state index contributed by atoms with van der Waals surface area (Å²) in [4.78, 5) is 17.0. The molecule has 0 fully saturated rings. The minimum atomic E-state index is -0.335. The van der Waals surface area contributed by atoms with Gasteiger partial charge in [-0.2, -0.15) is 0 Å². The zero-order chi connectivity index (χ0) is 17.6. The van der Waals surface area contributed by atoms with Crippen molar-refractivity contribution >= 4 is 43.6 Å². The first-order valence-electron chi connectivity index (χ1n) is 7.50. The summed E-state index contributed by atoms with van der Waals surface area (Å²) in [5.74, 6) is 0.479. The number of aromatic nitrogens is 1. The highest BCUT2D eigenvalue weighted by atomic mass is 32.1. The maximum absolute atomic E-state index is 13.3.